The van der Waals surface area contributed by atoms with Gasteiger partial charge >= 0.3 is 7.66 Å². The molecule has 0 bridgehead atoms. The predicted octanol–water partition coefficient (Wildman–Crippen LogP) is 3.82. The molecule has 4 heteroatoms. The second-order valence-corrected chi connectivity index (χ2v) is 6.53. The first-order valence-corrected chi connectivity index (χ1v) is 7.98. The van der Waals surface area contributed by atoms with E-state index in [1.54, 1.807) is 0 Å². The van der Waals surface area contributed by atoms with Gasteiger partial charge in [-0.25, -0.2) is 0 Å². The van der Waals surface area contributed by atoms with Gasteiger partial charge in [0.15, 0.2) is 0 Å². The molecule has 0 saturated carbocycles. The van der Waals surface area contributed by atoms with Crippen LogP contribution in [0.5, 0.6) is 0 Å². The maximum Gasteiger partial charge on any atom is 0.438 e. The minimum Gasteiger partial charge on any atom is -0.387 e. The summed E-state index contributed by atoms with van der Waals surface area (Å²) >= 11 is 11.2. The first kappa shape index (κ1) is 11.0. The molecule has 0 aliphatic carbocycles. The van der Waals surface area contributed by atoms with Gasteiger partial charge in [-0.05, 0) is 16.3 Å². The molecule has 0 aliphatic rings. The molecule has 0 N–H and O–H groups in total. The van der Waals surface area contributed by atoms with Gasteiger partial charge in [-0.3, -0.25) is 0 Å². The van der Waals surface area contributed by atoms with E-state index in [-0.39, 0.29) is 0 Å². The minimum absolute atomic E-state index is 0.475. The van der Waals surface area contributed by atoms with Gasteiger partial charge in [-0.15, -0.1) is 22.2 Å². The molecule has 0 saturated heterocycles. The first-order valence-electron chi connectivity index (χ1n) is 4.55. The molecule has 0 fully saturated rings. The van der Waals surface area contributed by atoms with Gasteiger partial charge < -0.3 is 4.43 Å². The fourth-order valence-corrected chi connectivity index (χ4v) is 2.14. The molecule has 2 aromatic carbocycles. The molecule has 0 spiro atoms. The zero-order valence-corrected chi connectivity index (χ0v) is 10.4. The Balaban J connectivity index is 2.34. The Morgan fingerprint density at radius 2 is 1.73 bits per heavy atom. The fourth-order valence-electron chi connectivity index (χ4n) is 1.55. The highest BCUT2D eigenvalue weighted by molar-refractivity contribution is 7.30. The van der Waals surface area contributed by atoms with E-state index in [2.05, 4.69) is 18.2 Å². The largest absolute Gasteiger partial charge is 0.438 e. The summed E-state index contributed by atoms with van der Waals surface area (Å²) in [5, 5.41) is 2.40. The van der Waals surface area contributed by atoms with Crippen molar-refractivity contribution < 1.29 is 4.43 Å². The highest BCUT2D eigenvalue weighted by atomic mass is 35.7. The van der Waals surface area contributed by atoms with E-state index in [0.29, 0.717) is 6.61 Å². The monoisotopic (exact) mass is 255 g/mol. The summed E-state index contributed by atoms with van der Waals surface area (Å²) in [6.45, 7) is 0.475. The van der Waals surface area contributed by atoms with Gasteiger partial charge in [0.2, 0.25) is 0 Å². The van der Waals surface area contributed by atoms with Gasteiger partial charge in [0.05, 0.1) is 6.61 Å². The molecule has 0 atom stereocenters. The van der Waals surface area contributed by atoms with Crippen molar-refractivity contribution >= 4 is 40.6 Å². The van der Waals surface area contributed by atoms with E-state index in [9.17, 15) is 0 Å². The SMILES string of the molecule is Cl[Si](Cl)OCc1cccc2ccccc12. The fraction of sp³-hybridized carbons (Fsp3) is 0.0909. The van der Waals surface area contributed by atoms with Crippen molar-refractivity contribution in [3.8, 4) is 0 Å². The molecule has 0 unspecified atom stereocenters. The van der Waals surface area contributed by atoms with Crippen LogP contribution in [0.15, 0.2) is 42.5 Å². The molecular formula is C11H9Cl2OSi. The van der Waals surface area contributed by atoms with Crippen LogP contribution in [0, 0.1) is 0 Å². The third-order valence-electron chi connectivity index (χ3n) is 2.22. The van der Waals surface area contributed by atoms with Crippen LogP contribution in [0.4, 0.5) is 0 Å². The van der Waals surface area contributed by atoms with Crippen LogP contribution in [0.2, 0.25) is 0 Å². The van der Waals surface area contributed by atoms with Crippen LogP contribution in [0.3, 0.4) is 0 Å². The lowest BCUT2D eigenvalue weighted by Gasteiger charge is -2.06. The number of hydrogen-bond acceptors (Lipinski definition) is 1. The number of halogens is 2. The molecule has 15 heavy (non-hydrogen) atoms. The maximum atomic E-state index is 5.62. The van der Waals surface area contributed by atoms with Crippen LogP contribution in [-0.4, -0.2) is 7.66 Å². The van der Waals surface area contributed by atoms with Gasteiger partial charge in [0.25, 0.3) is 0 Å². The van der Waals surface area contributed by atoms with Crippen molar-refractivity contribution in [3.63, 3.8) is 0 Å². The Bertz CT molecular complexity index is 454. The Hall–Kier alpha value is -0.543. The second kappa shape index (κ2) is 4.99. The summed E-state index contributed by atoms with van der Waals surface area (Å²) in [6, 6.07) is 14.3. The summed E-state index contributed by atoms with van der Waals surface area (Å²) < 4.78 is 5.27. The van der Waals surface area contributed by atoms with Crippen molar-refractivity contribution in [1.29, 1.82) is 0 Å². The third kappa shape index (κ3) is 2.73. The molecule has 0 aromatic heterocycles. The van der Waals surface area contributed by atoms with E-state index in [0.717, 1.165) is 5.56 Å². The average molecular weight is 256 g/mol. The van der Waals surface area contributed by atoms with Crippen molar-refractivity contribution in [1.82, 2.24) is 0 Å². The molecule has 77 valence electrons. The van der Waals surface area contributed by atoms with E-state index < -0.39 is 7.66 Å². The van der Waals surface area contributed by atoms with E-state index >= 15 is 0 Å². The van der Waals surface area contributed by atoms with Gasteiger partial charge in [-0.2, -0.15) is 0 Å². The normalized spacial score (nSPS) is 11.1. The molecule has 1 nitrogen and oxygen atoms in total. The minimum atomic E-state index is -1.66. The summed E-state index contributed by atoms with van der Waals surface area (Å²) in [6.07, 6.45) is 0. The standard InChI is InChI=1S/C11H9Cl2OSi/c12-15(13)14-8-10-6-3-5-9-4-1-2-7-11(9)10/h1-7H,8H2. The second-order valence-electron chi connectivity index (χ2n) is 3.15. The summed E-state index contributed by atoms with van der Waals surface area (Å²) in [5.74, 6) is 0. The number of benzene rings is 2. The molecule has 2 rings (SSSR count). The number of rotatable bonds is 3. The van der Waals surface area contributed by atoms with E-state index in [1.807, 2.05) is 24.3 Å². The van der Waals surface area contributed by atoms with Crippen LogP contribution in [-0.2, 0) is 11.0 Å². The van der Waals surface area contributed by atoms with Gasteiger partial charge in [-0.1, -0.05) is 42.5 Å². The van der Waals surface area contributed by atoms with Crippen molar-refractivity contribution in [3.05, 3.63) is 48.0 Å². The molecule has 0 aliphatic heterocycles. The van der Waals surface area contributed by atoms with Crippen molar-refractivity contribution in [2.45, 2.75) is 6.61 Å². The van der Waals surface area contributed by atoms with Crippen molar-refractivity contribution in [2.75, 3.05) is 0 Å². The number of fused-ring (bicyclic) bond motifs is 1. The van der Waals surface area contributed by atoms with E-state index in [1.165, 1.54) is 10.8 Å². The lowest BCUT2D eigenvalue weighted by atomic mass is 10.1. The lowest BCUT2D eigenvalue weighted by Crippen LogP contribution is -2.02. The highest BCUT2D eigenvalue weighted by Gasteiger charge is 2.06. The lowest BCUT2D eigenvalue weighted by molar-refractivity contribution is 0.331. The molecule has 0 amide bonds. The quantitative estimate of drug-likeness (QED) is 0.599. The van der Waals surface area contributed by atoms with Gasteiger partial charge in [0.1, 0.15) is 0 Å². The topological polar surface area (TPSA) is 9.23 Å². The average Bonchev–Trinajstić information content (AvgIpc) is 2.26. The highest BCUT2D eigenvalue weighted by Crippen LogP contribution is 2.19. The smallest absolute Gasteiger partial charge is 0.387 e. The van der Waals surface area contributed by atoms with Crippen LogP contribution in [0.25, 0.3) is 10.8 Å². The molecule has 1 radical (unpaired) electrons. The maximum absolute atomic E-state index is 5.62. The Morgan fingerprint density at radius 1 is 1.00 bits per heavy atom. The summed E-state index contributed by atoms with van der Waals surface area (Å²) in [4.78, 5) is 0. The first-order chi connectivity index (χ1) is 7.27. The molecule has 2 aromatic rings. The Labute approximate surface area is 99.7 Å². The predicted molar refractivity (Wildman–Crippen MR) is 66.2 cm³/mol. The summed E-state index contributed by atoms with van der Waals surface area (Å²) in [7, 11) is -1.66. The third-order valence-corrected chi connectivity index (χ3v) is 3.23. The van der Waals surface area contributed by atoms with Crippen LogP contribution < -0.4 is 0 Å². The van der Waals surface area contributed by atoms with Gasteiger partial charge in [0, 0.05) is 0 Å². The van der Waals surface area contributed by atoms with Crippen LogP contribution >= 0.6 is 22.2 Å². The number of hydrogen-bond donors (Lipinski definition) is 0. The van der Waals surface area contributed by atoms with Crippen molar-refractivity contribution in [2.24, 2.45) is 0 Å². The van der Waals surface area contributed by atoms with E-state index in [4.69, 9.17) is 26.6 Å². The molecule has 0 heterocycles. The molecular weight excluding hydrogens is 247 g/mol. The Morgan fingerprint density at radius 3 is 2.53 bits per heavy atom. The summed E-state index contributed by atoms with van der Waals surface area (Å²) in [5.41, 5.74) is 1.12. The van der Waals surface area contributed by atoms with Crippen LogP contribution in [0.1, 0.15) is 5.56 Å². The zero-order valence-electron chi connectivity index (χ0n) is 7.91. The zero-order chi connectivity index (χ0) is 10.7. The Kier molecular flexibility index (Phi) is 3.65.